The van der Waals surface area contributed by atoms with E-state index >= 15 is 0 Å². The minimum atomic E-state index is 0.319. The second-order valence-corrected chi connectivity index (χ2v) is 4.51. The molecule has 0 saturated carbocycles. The lowest BCUT2D eigenvalue weighted by Gasteiger charge is -2.14. The summed E-state index contributed by atoms with van der Waals surface area (Å²) in [5, 5.41) is 7.87. The van der Waals surface area contributed by atoms with Crippen molar-refractivity contribution in [3.05, 3.63) is 27.9 Å². The number of aromatic nitrogens is 2. The fraction of sp³-hybridized carbons (Fsp3) is 0.667. The molecule has 5 heteroatoms. The zero-order valence-corrected chi connectivity index (χ0v) is 8.43. The molecule has 1 aliphatic rings. The fourth-order valence-corrected chi connectivity index (χ4v) is 1.93. The number of azide groups is 1. The average Bonchev–Trinajstić information content (AvgIpc) is 2.53. The maximum atomic E-state index is 8.18. The van der Waals surface area contributed by atoms with Crippen molar-refractivity contribution in [2.24, 2.45) is 10.5 Å². The highest BCUT2D eigenvalue weighted by Crippen LogP contribution is 2.31. The summed E-state index contributed by atoms with van der Waals surface area (Å²) in [6.07, 6.45) is 1.05. The van der Waals surface area contributed by atoms with Gasteiger partial charge in [0.1, 0.15) is 0 Å². The number of hydrogen-bond acceptors (Lipinski definition) is 2. The fourth-order valence-electron chi connectivity index (χ4n) is 1.93. The van der Waals surface area contributed by atoms with E-state index < -0.39 is 0 Å². The van der Waals surface area contributed by atoms with E-state index in [1.165, 1.54) is 5.69 Å². The van der Waals surface area contributed by atoms with Gasteiger partial charge in [-0.1, -0.05) is 19.0 Å². The van der Waals surface area contributed by atoms with Gasteiger partial charge in [-0.25, -0.2) is 0 Å². The van der Waals surface area contributed by atoms with E-state index in [0.717, 1.165) is 18.7 Å². The van der Waals surface area contributed by atoms with Crippen molar-refractivity contribution in [3.8, 4) is 0 Å². The Balaban J connectivity index is 2.18. The van der Waals surface area contributed by atoms with Crippen molar-refractivity contribution >= 4 is 0 Å². The van der Waals surface area contributed by atoms with Crippen LogP contribution in [0.15, 0.2) is 11.2 Å². The third-order valence-electron chi connectivity index (χ3n) is 2.45. The highest BCUT2D eigenvalue weighted by atomic mass is 15.3. The van der Waals surface area contributed by atoms with E-state index in [0.29, 0.717) is 12.0 Å². The van der Waals surface area contributed by atoms with Crippen molar-refractivity contribution in [2.45, 2.75) is 33.4 Å². The van der Waals surface area contributed by atoms with Crippen LogP contribution in [0, 0.1) is 5.41 Å². The average molecular weight is 191 g/mol. The quantitative estimate of drug-likeness (QED) is 0.401. The van der Waals surface area contributed by atoms with E-state index in [2.05, 4.69) is 29.0 Å². The van der Waals surface area contributed by atoms with Gasteiger partial charge < -0.3 is 0 Å². The lowest BCUT2D eigenvalue weighted by atomic mass is 9.91. The molecule has 0 radical (unpaired) electrons. The number of rotatable bonds is 2. The van der Waals surface area contributed by atoms with Gasteiger partial charge in [0.2, 0.25) is 0 Å². The van der Waals surface area contributed by atoms with Gasteiger partial charge in [0.05, 0.1) is 12.2 Å². The molecule has 5 nitrogen and oxygen atoms in total. The SMILES string of the molecule is CC1(C)Cc2cc(CN=[N+]=[N-])nn2C1. The Morgan fingerprint density at radius 2 is 2.50 bits per heavy atom. The summed E-state index contributed by atoms with van der Waals surface area (Å²) in [7, 11) is 0. The van der Waals surface area contributed by atoms with Crippen molar-refractivity contribution in [1.29, 1.82) is 0 Å². The van der Waals surface area contributed by atoms with E-state index in [1.54, 1.807) is 0 Å². The molecule has 0 saturated heterocycles. The largest absolute Gasteiger partial charge is 0.269 e. The maximum Gasteiger partial charge on any atom is 0.0702 e. The second-order valence-electron chi connectivity index (χ2n) is 4.51. The minimum Gasteiger partial charge on any atom is -0.269 e. The van der Waals surface area contributed by atoms with Crippen molar-refractivity contribution < 1.29 is 0 Å². The van der Waals surface area contributed by atoms with Gasteiger partial charge in [-0.05, 0) is 23.4 Å². The molecule has 0 unspecified atom stereocenters. The molecule has 74 valence electrons. The van der Waals surface area contributed by atoms with Crippen molar-refractivity contribution in [3.63, 3.8) is 0 Å². The number of hydrogen-bond donors (Lipinski definition) is 0. The summed E-state index contributed by atoms with van der Waals surface area (Å²) in [6, 6.07) is 2.03. The van der Waals surface area contributed by atoms with Gasteiger partial charge in [-0.2, -0.15) is 5.10 Å². The third kappa shape index (κ3) is 1.59. The molecule has 0 N–H and O–H groups in total. The third-order valence-corrected chi connectivity index (χ3v) is 2.45. The summed E-state index contributed by atoms with van der Waals surface area (Å²) >= 11 is 0. The smallest absolute Gasteiger partial charge is 0.0702 e. The standard InChI is InChI=1S/C9H13N5/c1-9(2)4-8-3-7(5-11-13-10)12-14(8)6-9/h3H,4-6H2,1-2H3. The first-order valence-corrected chi connectivity index (χ1v) is 4.67. The van der Waals surface area contributed by atoms with E-state index in [9.17, 15) is 0 Å². The van der Waals surface area contributed by atoms with Crippen LogP contribution in [0.25, 0.3) is 10.4 Å². The van der Waals surface area contributed by atoms with Crippen LogP contribution in [0.2, 0.25) is 0 Å². The molecule has 1 aromatic heterocycles. The molecule has 2 rings (SSSR count). The highest BCUT2D eigenvalue weighted by molar-refractivity contribution is 5.15. The zero-order chi connectivity index (χ0) is 10.2. The monoisotopic (exact) mass is 191 g/mol. The Morgan fingerprint density at radius 3 is 3.14 bits per heavy atom. The molecule has 0 aliphatic carbocycles. The Labute approximate surface area is 82.4 Å². The van der Waals surface area contributed by atoms with Crippen LogP contribution >= 0.6 is 0 Å². The minimum absolute atomic E-state index is 0.319. The second kappa shape index (κ2) is 3.03. The van der Waals surface area contributed by atoms with Crippen LogP contribution in [0.5, 0.6) is 0 Å². The molecule has 1 aliphatic heterocycles. The van der Waals surface area contributed by atoms with Crippen LogP contribution in [-0.4, -0.2) is 9.78 Å². The van der Waals surface area contributed by atoms with Gasteiger partial charge in [0.15, 0.2) is 0 Å². The van der Waals surface area contributed by atoms with Gasteiger partial charge in [0, 0.05) is 17.2 Å². The molecule has 2 heterocycles. The van der Waals surface area contributed by atoms with Crippen LogP contribution in [0.3, 0.4) is 0 Å². The Kier molecular flexibility index (Phi) is 1.97. The van der Waals surface area contributed by atoms with Gasteiger partial charge >= 0.3 is 0 Å². The summed E-state index contributed by atoms with van der Waals surface area (Å²) in [5.41, 5.74) is 10.6. The first kappa shape index (κ1) is 9.09. The summed E-state index contributed by atoms with van der Waals surface area (Å²) in [5.74, 6) is 0. The molecule has 14 heavy (non-hydrogen) atoms. The predicted octanol–water partition coefficient (Wildman–Crippen LogP) is 2.28. The van der Waals surface area contributed by atoms with Crippen LogP contribution in [-0.2, 0) is 19.5 Å². The van der Waals surface area contributed by atoms with Crippen LogP contribution < -0.4 is 0 Å². The van der Waals surface area contributed by atoms with Crippen LogP contribution in [0.1, 0.15) is 25.2 Å². The molecule has 0 atom stereocenters. The number of fused-ring (bicyclic) bond motifs is 1. The normalized spacial score (nSPS) is 17.6. The lowest BCUT2D eigenvalue weighted by Crippen LogP contribution is -2.13. The van der Waals surface area contributed by atoms with E-state index in [4.69, 9.17) is 5.53 Å². The predicted molar refractivity (Wildman–Crippen MR) is 52.6 cm³/mol. The Morgan fingerprint density at radius 1 is 1.71 bits per heavy atom. The molecule has 0 bridgehead atoms. The summed E-state index contributed by atoms with van der Waals surface area (Å²) in [4.78, 5) is 2.72. The van der Waals surface area contributed by atoms with E-state index in [1.807, 2.05) is 10.7 Å². The Hall–Kier alpha value is -1.48. The molecular weight excluding hydrogens is 178 g/mol. The first-order valence-electron chi connectivity index (χ1n) is 4.67. The van der Waals surface area contributed by atoms with E-state index in [-0.39, 0.29) is 0 Å². The van der Waals surface area contributed by atoms with Crippen molar-refractivity contribution in [2.75, 3.05) is 0 Å². The molecule has 0 aromatic carbocycles. The highest BCUT2D eigenvalue weighted by Gasteiger charge is 2.29. The van der Waals surface area contributed by atoms with Crippen molar-refractivity contribution in [1.82, 2.24) is 9.78 Å². The van der Waals surface area contributed by atoms with Gasteiger partial charge in [-0.3, -0.25) is 4.68 Å². The molecule has 0 amide bonds. The zero-order valence-electron chi connectivity index (χ0n) is 8.43. The number of nitrogens with zero attached hydrogens (tertiary/aromatic N) is 5. The molecule has 0 fully saturated rings. The van der Waals surface area contributed by atoms with Gasteiger partial charge in [0.25, 0.3) is 0 Å². The molecule has 1 aromatic rings. The summed E-state index contributed by atoms with van der Waals surface area (Å²) in [6.45, 7) is 5.78. The summed E-state index contributed by atoms with van der Waals surface area (Å²) < 4.78 is 2.02. The van der Waals surface area contributed by atoms with Gasteiger partial charge in [-0.15, -0.1) is 0 Å². The molecular formula is C9H13N5. The topological polar surface area (TPSA) is 66.6 Å². The maximum absolute atomic E-state index is 8.18. The first-order chi connectivity index (χ1) is 6.61. The Bertz CT molecular complexity index is 372. The molecule has 0 spiro atoms. The lowest BCUT2D eigenvalue weighted by molar-refractivity contribution is 0.346. The van der Waals surface area contributed by atoms with Crippen LogP contribution in [0.4, 0.5) is 0 Å².